The van der Waals surface area contributed by atoms with Gasteiger partial charge in [-0.3, -0.25) is 0 Å². The second-order valence-corrected chi connectivity index (χ2v) is 7.30. The first-order valence-electron chi connectivity index (χ1n) is 9.22. The highest BCUT2D eigenvalue weighted by Crippen LogP contribution is 2.38. The summed E-state index contributed by atoms with van der Waals surface area (Å²) in [6.45, 7) is 8.13. The number of rotatable bonds is 10. The second kappa shape index (κ2) is 9.62. The smallest absolute Gasteiger partial charge is 0.203 e. The summed E-state index contributed by atoms with van der Waals surface area (Å²) in [5.41, 5.74) is 2.31. The van der Waals surface area contributed by atoms with Crippen molar-refractivity contribution in [1.29, 1.82) is 0 Å². The van der Waals surface area contributed by atoms with Crippen molar-refractivity contribution in [3.05, 3.63) is 53.6 Å². The van der Waals surface area contributed by atoms with Crippen molar-refractivity contribution in [2.24, 2.45) is 0 Å². The van der Waals surface area contributed by atoms with Crippen LogP contribution in [0, 0.1) is 0 Å². The van der Waals surface area contributed by atoms with E-state index < -0.39 is 0 Å². The van der Waals surface area contributed by atoms with Gasteiger partial charge in [0.25, 0.3) is 0 Å². The lowest BCUT2D eigenvalue weighted by Gasteiger charge is -2.31. The molecule has 0 fully saturated rings. The summed E-state index contributed by atoms with van der Waals surface area (Å²) in [4.78, 5) is 0. The van der Waals surface area contributed by atoms with Crippen molar-refractivity contribution >= 4 is 0 Å². The van der Waals surface area contributed by atoms with Crippen LogP contribution in [0.1, 0.15) is 37.9 Å². The molecule has 0 heterocycles. The zero-order chi connectivity index (χ0) is 19.9. The Morgan fingerprint density at radius 3 is 2.04 bits per heavy atom. The fraction of sp³-hybridized carbons (Fsp3) is 0.455. The lowest BCUT2D eigenvalue weighted by atomic mass is 10.0. The van der Waals surface area contributed by atoms with Crippen LogP contribution in [0.25, 0.3) is 0 Å². The maximum atomic E-state index is 5.42. The zero-order valence-electron chi connectivity index (χ0n) is 17.3. The van der Waals surface area contributed by atoms with Crippen molar-refractivity contribution < 1.29 is 14.2 Å². The molecular formula is C22H32N2O3. The second-order valence-electron chi connectivity index (χ2n) is 7.30. The zero-order valence-corrected chi connectivity index (χ0v) is 17.3. The van der Waals surface area contributed by atoms with E-state index in [0.717, 1.165) is 12.1 Å². The maximum Gasteiger partial charge on any atom is 0.203 e. The van der Waals surface area contributed by atoms with Gasteiger partial charge in [0, 0.05) is 24.7 Å². The molecule has 2 aromatic rings. The molecule has 0 aliphatic rings. The Hall–Kier alpha value is -2.24. The molecule has 0 aromatic heterocycles. The molecule has 0 aliphatic carbocycles. The van der Waals surface area contributed by atoms with E-state index in [1.54, 1.807) is 21.3 Å². The predicted octanol–water partition coefficient (Wildman–Crippen LogP) is 3.93. The van der Waals surface area contributed by atoms with Crippen LogP contribution in [-0.4, -0.2) is 33.4 Å². The molecule has 0 amide bonds. The van der Waals surface area contributed by atoms with E-state index in [-0.39, 0.29) is 11.6 Å². The lowest BCUT2D eigenvalue weighted by Crippen LogP contribution is -2.48. The van der Waals surface area contributed by atoms with Crippen LogP contribution in [0.15, 0.2) is 42.5 Å². The first-order chi connectivity index (χ1) is 12.9. The average Bonchev–Trinajstić information content (AvgIpc) is 2.67. The largest absolute Gasteiger partial charge is 0.493 e. The monoisotopic (exact) mass is 372 g/mol. The lowest BCUT2D eigenvalue weighted by molar-refractivity contribution is 0.321. The molecule has 0 spiro atoms. The van der Waals surface area contributed by atoms with E-state index in [0.29, 0.717) is 23.8 Å². The van der Waals surface area contributed by atoms with Gasteiger partial charge in [-0.1, -0.05) is 30.3 Å². The first kappa shape index (κ1) is 21.1. The molecule has 0 bridgehead atoms. The molecule has 0 radical (unpaired) electrons. The third-order valence-corrected chi connectivity index (χ3v) is 4.53. The third kappa shape index (κ3) is 5.88. The van der Waals surface area contributed by atoms with E-state index in [1.807, 2.05) is 18.2 Å². The Morgan fingerprint density at radius 2 is 1.52 bits per heavy atom. The molecule has 0 saturated carbocycles. The van der Waals surface area contributed by atoms with Crippen LogP contribution in [-0.2, 0) is 6.54 Å². The summed E-state index contributed by atoms with van der Waals surface area (Å²) in [7, 11) is 4.87. The molecule has 5 nitrogen and oxygen atoms in total. The van der Waals surface area contributed by atoms with Gasteiger partial charge in [-0.2, -0.15) is 0 Å². The third-order valence-electron chi connectivity index (χ3n) is 4.53. The van der Waals surface area contributed by atoms with Crippen molar-refractivity contribution in [3.63, 3.8) is 0 Å². The van der Waals surface area contributed by atoms with Gasteiger partial charge in [-0.15, -0.1) is 0 Å². The summed E-state index contributed by atoms with van der Waals surface area (Å²) >= 11 is 0. The van der Waals surface area contributed by atoms with Crippen LogP contribution in [0.5, 0.6) is 17.2 Å². The number of hydrogen-bond acceptors (Lipinski definition) is 5. The van der Waals surface area contributed by atoms with Crippen LogP contribution in [0.4, 0.5) is 0 Å². The van der Waals surface area contributed by atoms with E-state index in [1.165, 1.54) is 5.56 Å². The molecule has 1 unspecified atom stereocenters. The number of nitrogens with one attached hydrogen (secondary N) is 2. The average molecular weight is 373 g/mol. The molecule has 2 aromatic carbocycles. The molecule has 0 aliphatic heterocycles. The maximum absolute atomic E-state index is 5.42. The number of methoxy groups -OCH3 is 3. The summed E-state index contributed by atoms with van der Waals surface area (Å²) in [6.07, 6.45) is 0. The van der Waals surface area contributed by atoms with Gasteiger partial charge in [0.1, 0.15) is 0 Å². The molecule has 5 heteroatoms. The number of benzene rings is 2. The quantitative estimate of drug-likeness (QED) is 0.662. The van der Waals surface area contributed by atoms with Gasteiger partial charge < -0.3 is 24.8 Å². The normalized spacial score (nSPS) is 12.5. The Kier molecular flexibility index (Phi) is 7.51. The summed E-state index contributed by atoms with van der Waals surface area (Å²) in [6, 6.07) is 14.7. The fourth-order valence-electron chi connectivity index (χ4n) is 3.22. The van der Waals surface area contributed by atoms with Crippen LogP contribution < -0.4 is 24.8 Å². The van der Waals surface area contributed by atoms with E-state index in [4.69, 9.17) is 14.2 Å². The highest BCUT2D eigenvalue weighted by molar-refractivity contribution is 5.53. The molecule has 2 N–H and O–H groups in total. The number of ether oxygens (including phenoxy) is 3. The molecule has 148 valence electrons. The SMILES string of the molecule is COc1cc(CNCC(C)(C)NC(C)c2ccccc2)cc(OC)c1OC. The minimum absolute atomic E-state index is 0.0596. The van der Waals surface area contributed by atoms with Gasteiger partial charge in [0.05, 0.1) is 21.3 Å². The minimum Gasteiger partial charge on any atom is -0.493 e. The summed E-state index contributed by atoms with van der Waals surface area (Å²) in [5.74, 6) is 1.95. The van der Waals surface area contributed by atoms with E-state index in [9.17, 15) is 0 Å². The van der Waals surface area contributed by atoms with Gasteiger partial charge in [0.15, 0.2) is 11.5 Å². The molecule has 2 rings (SSSR count). The molecular weight excluding hydrogens is 340 g/mol. The standard InChI is InChI=1S/C22H32N2O3/c1-16(18-10-8-7-9-11-18)24-22(2,3)15-23-14-17-12-19(25-4)21(27-6)20(13-17)26-5/h7-13,16,23-24H,14-15H2,1-6H3. The van der Waals surface area contributed by atoms with Gasteiger partial charge in [0.2, 0.25) is 5.75 Å². The van der Waals surface area contributed by atoms with Gasteiger partial charge in [-0.25, -0.2) is 0 Å². The van der Waals surface area contributed by atoms with Crippen molar-refractivity contribution in [2.45, 2.75) is 38.9 Å². The molecule has 27 heavy (non-hydrogen) atoms. The summed E-state index contributed by atoms with van der Waals surface area (Å²) < 4.78 is 16.2. The Balaban J connectivity index is 1.96. The highest BCUT2D eigenvalue weighted by atomic mass is 16.5. The molecule has 1 atom stereocenters. The Labute approximate surface area is 163 Å². The summed E-state index contributed by atoms with van der Waals surface area (Å²) in [5, 5.41) is 7.21. The van der Waals surface area contributed by atoms with E-state index in [2.05, 4.69) is 55.7 Å². The minimum atomic E-state index is -0.0596. The van der Waals surface area contributed by atoms with Gasteiger partial charge in [-0.05, 0) is 44.0 Å². The van der Waals surface area contributed by atoms with Crippen molar-refractivity contribution in [1.82, 2.24) is 10.6 Å². The predicted molar refractivity (Wildman–Crippen MR) is 110 cm³/mol. The van der Waals surface area contributed by atoms with Crippen molar-refractivity contribution in [3.8, 4) is 17.2 Å². The topological polar surface area (TPSA) is 51.8 Å². The van der Waals surface area contributed by atoms with Crippen LogP contribution in [0.2, 0.25) is 0 Å². The first-order valence-corrected chi connectivity index (χ1v) is 9.22. The highest BCUT2D eigenvalue weighted by Gasteiger charge is 2.20. The van der Waals surface area contributed by atoms with Crippen LogP contribution >= 0.6 is 0 Å². The Bertz CT molecular complexity index is 692. The van der Waals surface area contributed by atoms with Crippen molar-refractivity contribution in [2.75, 3.05) is 27.9 Å². The van der Waals surface area contributed by atoms with E-state index >= 15 is 0 Å². The van der Waals surface area contributed by atoms with Gasteiger partial charge >= 0.3 is 0 Å². The van der Waals surface area contributed by atoms with Crippen LogP contribution in [0.3, 0.4) is 0 Å². The molecule has 0 saturated heterocycles. The fourth-order valence-corrected chi connectivity index (χ4v) is 3.22. The number of hydrogen-bond donors (Lipinski definition) is 2. The Morgan fingerprint density at radius 1 is 0.926 bits per heavy atom.